The van der Waals surface area contributed by atoms with Crippen LogP contribution in [0.25, 0.3) is 58.8 Å². The van der Waals surface area contributed by atoms with E-state index < -0.39 is 0 Å². The standard InChI is InChI=1S/C45H32N2S/c1-45(2)39-15-7-3-11-33(39)38-27-31(24-26-40(38)45)46(32-23-25-37-36-14-6-10-18-43(36)48-44(37)28-32)29-19-21-30(22-20-29)47-41-16-8-4-12-34(41)35-13-5-9-17-42(35)47/h3-28H,1-2H3. The minimum Gasteiger partial charge on any atom is -0.310 e. The number of rotatable bonds is 4. The highest BCUT2D eigenvalue weighted by Gasteiger charge is 2.35. The smallest absolute Gasteiger partial charge is 0.0541 e. The van der Waals surface area contributed by atoms with Crippen molar-refractivity contribution in [3.05, 3.63) is 169 Å². The van der Waals surface area contributed by atoms with Gasteiger partial charge in [-0.05, 0) is 89.0 Å². The van der Waals surface area contributed by atoms with E-state index >= 15 is 0 Å². The largest absolute Gasteiger partial charge is 0.310 e. The van der Waals surface area contributed by atoms with E-state index in [0.717, 1.165) is 22.7 Å². The van der Waals surface area contributed by atoms with Gasteiger partial charge in [0.15, 0.2) is 0 Å². The summed E-state index contributed by atoms with van der Waals surface area (Å²) in [6.07, 6.45) is 0. The van der Waals surface area contributed by atoms with Gasteiger partial charge in [-0.25, -0.2) is 0 Å². The zero-order valence-electron chi connectivity index (χ0n) is 26.8. The molecule has 7 aromatic carbocycles. The van der Waals surface area contributed by atoms with Crippen LogP contribution in [0.15, 0.2) is 158 Å². The van der Waals surface area contributed by atoms with Crippen LogP contribution >= 0.6 is 11.3 Å². The van der Waals surface area contributed by atoms with E-state index in [1.54, 1.807) is 0 Å². The molecule has 10 rings (SSSR count). The van der Waals surface area contributed by atoms with Gasteiger partial charge in [0.05, 0.1) is 11.0 Å². The van der Waals surface area contributed by atoms with Crippen LogP contribution < -0.4 is 4.90 Å². The first kappa shape index (κ1) is 27.5. The van der Waals surface area contributed by atoms with E-state index in [4.69, 9.17) is 0 Å². The maximum absolute atomic E-state index is 2.42. The lowest BCUT2D eigenvalue weighted by Gasteiger charge is -2.27. The first-order chi connectivity index (χ1) is 23.6. The number of para-hydroxylation sites is 2. The van der Waals surface area contributed by atoms with Crippen LogP contribution in [0.2, 0.25) is 0 Å². The predicted octanol–water partition coefficient (Wildman–Crippen LogP) is 12.9. The van der Waals surface area contributed by atoms with Crippen molar-refractivity contribution in [3.63, 3.8) is 0 Å². The molecule has 2 nitrogen and oxygen atoms in total. The number of anilines is 3. The lowest BCUT2D eigenvalue weighted by Crippen LogP contribution is -2.15. The maximum Gasteiger partial charge on any atom is 0.0541 e. The second-order valence-electron chi connectivity index (χ2n) is 13.4. The van der Waals surface area contributed by atoms with Gasteiger partial charge in [-0.15, -0.1) is 11.3 Å². The first-order valence-electron chi connectivity index (χ1n) is 16.6. The average molecular weight is 633 g/mol. The second-order valence-corrected chi connectivity index (χ2v) is 14.5. The SMILES string of the molecule is CC1(C)c2ccccc2-c2cc(N(c3ccc(-n4c5ccccc5c5ccccc54)cc3)c3ccc4c(c3)sc3ccccc34)ccc21. The normalized spacial score (nSPS) is 13.4. The number of hydrogen-bond acceptors (Lipinski definition) is 2. The Labute approximate surface area is 283 Å². The Morgan fingerprint density at radius 3 is 1.79 bits per heavy atom. The lowest BCUT2D eigenvalue weighted by molar-refractivity contribution is 0.660. The molecule has 1 aliphatic carbocycles. The fourth-order valence-corrected chi connectivity index (χ4v) is 9.24. The molecule has 0 saturated carbocycles. The highest BCUT2D eigenvalue weighted by atomic mass is 32.1. The number of thiophene rings is 1. The quantitative estimate of drug-likeness (QED) is 0.187. The lowest BCUT2D eigenvalue weighted by atomic mass is 9.82. The summed E-state index contributed by atoms with van der Waals surface area (Å²) in [7, 11) is 0. The molecule has 0 aliphatic heterocycles. The Bertz CT molecular complexity index is 2650. The Balaban J connectivity index is 1.16. The number of aromatic nitrogens is 1. The minimum atomic E-state index is -0.0325. The topological polar surface area (TPSA) is 8.17 Å². The second kappa shape index (κ2) is 10.2. The van der Waals surface area contributed by atoms with Crippen LogP contribution in [-0.2, 0) is 5.41 Å². The molecular weight excluding hydrogens is 601 g/mol. The van der Waals surface area contributed by atoms with Gasteiger partial charge in [0, 0.05) is 59.1 Å². The molecule has 0 bridgehead atoms. The molecule has 48 heavy (non-hydrogen) atoms. The third kappa shape index (κ3) is 3.92. The number of hydrogen-bond donors (Lipinski definition) is 0. The van der Waals surface area contributed by atoms with Crippen molar-refractivity contribution in [2.75, 3.05) is 4.90 Å². The van der Waals surface area contributed by atoms with E-state index in [-0.39, 0.29) is 5.41 Å². The molecule has 228 valence electrons. The summed E-state index contributed by atoms with van der Waals surface area (Å²) in [6, 6.07) is 58.1. The van der Waals surface area contributed by atoms with Crippen molar-refractivity contribution in [3.8, 4) is 16.8 Å². The zero-order valence-corrected chi connectivity index (χ0v) is 27.6. The summed E-state index contributed by atoms with van der Waals surface area (Å²) in [5, 5.41) is 5.18. The van der Waals surface area contributed by atoms with Gasteiger partial charge >= 0.3 is 0 Å². The van der Waals surface area contributed by atoms with Gasteiger partial charge < -0.3 is 9.47 Å². The molecule has 0 saturated heterocycles. The van der Waals surface area contributed by atoms with E-state index in [2.05, 4.69) is 181 Å². The molecule has 1 aliphatic rings. The fourth-order valence-electron chi connectivity index (χ4n) is 8.10. The molecule has 0 N–H and O–H groups in total. The van der Waals surface area contributed by atoms with Crippen LogP contribution in [-0.4, -0.2) is 4.57 Å². The van der Waals surface area contributed by atoms with E-state index in [1.807, 2.05) is 11.3 Å². The Kier molecular flexibility index (Phi) is 5.82. The van der Waals surface area contributed by atoms with E-state index in [1.165, 1.54) is 64.2 Å². The Morgan fingerprint density at radius 2 is 1.02 bits per heavy atom. The maximum atomic E-state index is 2.42. The van der Waals surface area contributed by atoms with Crippen molar-refractivity contribution < 1.29 is 0 Å². The van der Waals surface area contributed by atoms with Gasteiger partial charge in [0.25, 0.3) is 0 Å². The highest BCUT2D eigenvalue weighted by Crippen LogP contribution is 2.51. The third-order valence-corrected chi connectivity index (χ3v) is 11.5. The molecule has 2 heterocycles. The first-order valence-corrected chi connectivity index (χ1v) is 17.4. The molecule has 3 heteroatoms. The molecule has 2 aromatic heterocycles. The summed E-state index contributed by atoms with van der Waals surface area (Å²) in [5.74, 6) is 0. The van der Waals surface area contributed by atoms with Gasteiger partial charge in [-0.3, -0.25) is 0 Å². The average Bonchev–Trinajstić information content (AvgIpc) is 3.74. The predicted molar refractivity (Wildman–Crippen MR) is 206 cm³/mol. The molecule has 0 atom stereocenters. The number of fused-ring (bicyclic) bond motifs is 9. The third-order valence-electron chi connectivity index (χ3n) is 10.4. The fraction of sp³-hybridized carbons (Fsp3) is 0.0667. The van der Waals surface area contributed by atoms with Crippen LogP contribution in [0.3, 0.4) is 0 Å². The monoisotopic (exact) mass is 632 g/mol. The van der Waals surface area contributed by atoms with Crippen LogP contribution in [0.1, 0.15) is 25.0 Å². The Hall–Kier alpha value is -5.64. The molecule has 0 amide bonds. The molecule has 0 spiro atoms. The van der Waals surface area contributed by atoms with E-state index in [0.29, 0.717) is 0 Å². The van der Waals surface area contributed by atoms with Gasteiger partial charge in [0.1, 0.15) is 0 Å². The van der Waals surface area contributed by atoms with Crippen LogP contribution in [0, 0.1) is 0 Å². The minimum absolute atomic E-state index is 0.0325. The van der Waals surface area contributed by atoms with Crippen molar-refractivity contribution in [2.45, 2.75) is 19.3 Å². The summed E-state index contributed by atoms with van der Waals surface area (Å²) >= 11 is 1.87. The van der Waals surface area contributed by atoms with Crippen molar-refractivity contribution in [1.82, 2.24) is 4.57 Å². The van der Waals surface area contributed by atoms with Gasteiger partial charge in [0.2, 0.25) is 0 Å². The molecule has 0 radical (unpaired) electrons. The molecular formula is C45H32N2S. The summed E-state index contributed by atoms with van der Waals surface area (Å²) < 4.78 is 5.01. The van der Waals surface area contributed by atoms with Crippen molar-refractivity contribution >= 4 is 70.4 Å². The summed E-state index contributed by atoms with van der Waals surface area (Å²) in [5.41, 5.74) is 12.4. The Morgan fingerprint density at radius 1 is 0.458 bits per heavy atom. The molecule has 9 aromatic rings. The van der Waals surface area contributed by atoms with Gasteiger partial charge in [-0.2, -0.15) is 0 Å². The van der Waals surface area contributed by atoms with Crippen molar-refractivity contribution in [2.24, 2.45) is 0 Å². The zero-order chi connectivity index (χ0) is 32.0. The molecule has 0 unspecified atom stereocenters. The number of benzene rings is 7. The van der Waals surface area contributed by atoms with Crippen molar-refractivity contribution in [1.29, 1.82) is 0 Å². The highest BCUT2D eigenvalue weighted by molar-refractivity contribution is 7.25. The summed E-state index contributed by atoms with van der Waals surface area (Å²) in [4.78, 5) is 2.42. The summed E-state index contributed by atoms with van der Waals surface area (Å²) in [6.45, 7) is 4.69. The number of nitrogens with zero attached hydrogens (tertiary/aromatic N) is 2. The van der Waals surface area contributed by atoms with Gasteiger partial charge in [-0.1, -0.05) is 105 Å². The van der Waals surface area contributed by atoms with Crippen LogP contribution in [0.4, 0.5) is 17.1 Å². The molecule has 0 fully saturated rings. The van der Waals surface area contributed by atoms with E-state index in [9.17, 15) is 0 Å². The van der Waals surface area contributed by atoms with Crippen LogP contribution in [0.5, 0.6) is 0 Å².